The number of carbonyl (C=O) groups excluding carboxylic acids is 1. The Kier molecular flexibility index (Phi) is 5.50. The molecule has 2 aliphatic heterocycles. The van der Waals surface area contributed by atoms with Gasteiger partial charge in [0.1, 0.15) is 0 Å². The standard InChI is InChI=1S/C20H21F3N4O4/c21-20(22,23)16-15(31-18(25-16)26-7-2-1-3-8-26)17(28)24-14-5-4-13-11-27(19(29)30)9-6-12(13)10-14/h4-5,10H,1-3,6-9,11H2,(H,24,28)(H,29,30). The molecule has 1 saturated heterocycles. The largest absolute Gasteiger partial charge is 0.465 e. The van der Waals surface area contributed by atoms with Crippen LogP contribution in [-0.4, -0.2) is 46.6 Å². The normalized spacial score (nSPS) is 16.7. The Bertz CT molecular complexity index is 999. The van der Waals surface area contributed by atoms with Crippen LogP contribution in [0, 0.1) is 0 Å². The van der Waals surface area contributed by atoms with Gasteiger partial charge in [-0.1, -0.05) is 6.07 Å². The molecule has 8 nitrogen and oxygen atoms in total. The molecule has 2 N–H and O–H groups in total. The third kappa shape index (κ3) is 4.44. The van der Waals surface area contributed by atoms with Crippen LogP contribution in [-0.2, 0) is 19.1 Å². The van der Waals surface area contributed by atoms with Crippen molar-refractivity contribution in [3.63, 3.8) is 0 Å². The van der Waals surface area contributed by atoms with E-state index in [4.69, 9.17) is 9.52 Å². The molecule has 0 radical (unpaired) electrons. The van der Waals surface area contributed by atoms with Crippen LogP contribution in [0.25, 0.3) is 0 Å². The molecule has 2 aromatic rings. The first-order valence-electron chi connectivity index (χ1n) is 9.96. The van der Waals surface area contributed by atoms with Crippen LogP contribution < -0.4 is 10.2 Å². The summed E-state index contributed by atoms with van der Waals surface area (Å²) < 4.78 is 45.7. The third-order valence-corrected chi connectivity index (χ3v) is 5.46. The fourth-order valence-corrected chi connectivity index (χ4v) is 3.86. The van der Waals surface area contributed by atoms with E-state index >= 15 is 0 Å². The van der Waals surface area contributed by atoms with Crippen LogP contribution in [0.1, 0.15) is 46.6 Å². The number of alkyl halides is 3. The van der Waals surface area contributed by atoms with Gasteiger partial charge in [0.15, 0.2) is 5.69 Å². The van der Waals surface area contributed by atoms with Gasteiger partial charge in [-0.25, -0.2) is 4.79 Å². The molecule has 31 heavy (non-hydrogen) atoms. The number of fused-ring (bicyclic) bond motifs is 1. The van der Waals surface area contributed by atoms with E-state index in [1.165, 1.54) is 11.0 Å². The average Bonchev–Trinajstić information content (AvgIpc) is 3.20. The molecule has 3 heterocycles. The number of benzene rings is 1. The van der Waals surface area contributed by atoms with Gasteiger partial charge in [0, 0.05) is 31.9 Å². The maximum absolute atomic E-state index is 13.5. The lowest BCUT2D eigenvalue weighted by Crippen LogP contribution is -2.34. The van der Waals surface area contributed by atoms with E-state index in [1.54, 1.807) is 17.0 Å². The van der Waals surface area contributed by atoms with Crippen molar-refractivity contribution in [3.05, 3.63) is 40.8 Å². The van der Waals surface area contributed by atoms with Crippen molar-refractivity contribution in [3.8, 4) is 0 Å². The smallest absolute Gasteiger partial charge is 0.437 e. The highest BCUT2D eigenvalue weighted by atomic mass is 19.4. The summed E-state index contributed by atoms with van der Waals surface area (Å²) >= 11 is 0. The summed E-state index contributed by atoms with van der Waals surface area (Å²) in [5, 5.41) is 11.6. The predicted molar refractivity (Wildman–Crippen MR) is 104 cm³/mol. The molecule has 1 aromatic carbocycles. The van der Waals surface area contributed by atoms with E-state index in [9.17, 15) is 22.8 Å². The first kappa shape index (κ1) is 21.0. The molecular weight excluding hydrogens is 417 g/mol. The predicted octanol–water partition coefficient (Wildman–Crippen LogP) is 3.97. The number of halogens is 3. The van der Waals surface area contributed by atoms with Crippen molar-refractivity contribution in [2.45, 2.75) is 38.4 Å². The number of nitrogens with one attached hydrogen (secondary N) is 1. The van der Waals surface area contributed by atoms with Crippen LogP contribution in [0.3, 0.4) is 0 Å². The molecule has 166 valence electrons. The van der Waals surface area contributed by atoms with Gasteiger partial charge in [0.05, 0.1) is 0 Å². The van der Waals surface area contributed by atoms with E-state index in [0.717, 1.165) is 30.4 Å². The highest BCUT2D eigenvalue weighted by Gasteiger charge is 2.42. The van der Waals surface area contributed by atoms with E-state index in [1.807, 2.05) is 0 Å². The SMILES string of the molecule is O=C(Nc1ccc2c(c1)CCN(C(=O)O)C2)c1oc(N2CCCCC2)nc1C(F)(F)F. The van der Waals surface area contributed by atoms with Crippen molar-refractivity contribution in [2.75, 3.05) is 29.9 Å². The maximum atomic E-state index is 13.5. The molecule has 2 amide bonds. The van der Waals surface area contributed by atoms with Crippen LogP contribution in [0.2, 0.25) is 0 Å². The highest BCUT2D eigenvalue weighted by molar-refractivity contribution is 6.03. The molecule has 0 atom stereocenters. The van der Waals surface area contributed by atoms with E-state index in [2.05, 4.69) is 10.3 Å². The second kappa shape index (κ2) is 8.12. The van der Waals surface area contributed by atoms with E-state index in [0.29, 0.717) is 31.7 Å². The van der Waals surface area contributed by atoms with Crippen molar-refractivity contribution >= 4 is 23.7 Å². The summed E-state index contributed by atoms with van der Waals surface area (Å²) in [6.07, 6.45) is -2.78. The summed E-state index contributed by atoms with van der Waals surface area (Å²) in [6, 6.07) is 4.62. The lowest BCUT2D eigenvalue weighted by molar-refractivity contribution is -0.141. The molecule has 0 aliphatic carbocycles. The van der Waals surface area contributed by atoms with Gasteiger partial charge >= 0.3 is 12.3 Å². The van der Waals surface area contributed by atoms with Gasteiger partial charge < -0.3 is 24.6 Å². The first-order valence-corrected chi connectivity index (χ1v) is 9.96. The molecule has 2 aliphatic rings. The number of nitrogens with zero attached hydrogens (tertiary/aromatic N) is 3. The molecule has 0 unspecified atom stereocenters. The Balaban J connectivity index is 1.56. The molecule has 0 bridgehead atoms. The number of piperidine rings is 1. The molecule has 1 aromatic heterocycles. The fraction of sp³-hybridized carbons (Fsp3) is 0.450. The third-order valence-electron chi connectivity index (χ3n) is 5.46. The van der Waals surface area contributed by atoms with Gasteiger partial charge in [-0.15, -0.1) is 0 Å². The summed E-state index contributed by atoms with van der Waals surface area (Å²) in [5.41, 5.74) is 0.574. The second-order valence-electron chi connectivity index (χ2n) is 7.61. The number of anilines is 2. The Morgan fingerprint density at radius 1 is 1.10 bits per heavy atom. The number of rotatable bonds is 3. The Morgan fingerprint density at radius 3 is 2.52 bits per heavy atom. The topological polar surface area (TPSA) is 98.9 Å². The number of hydrogen-bond donors (Lipinski definition) is 2. The minimum absolute atomic E-state index is 0.198. The number of amides is 2. The van der Waals surface area contributed by atoms with Gasteiger partial charge in [-0.2, -0.15) is 18.2 Å². The number of carbonyl (C=O) groups is 2. The molecule has 4 rings (SSSR count). The first-order chi connectivity index (χ1) is 14.7. The molecular formula is C20H21F3N4O4. The lowest BCUT2D eigenvalue weighted by Gasteiger charge is -2.26. The van der Waals surface area contributed by atoms with Crippen LogP contribution in [0.5, 0.6) is 0 Å². The van der Waals surface area contributed by atoms with Gasteiger partial charge in [0.25, 0.3) is 11.9 Å². The summed E-state index contributed by atoms with van der Waals surface area (Å²) in [5.74, 6) is -1.91. The summed E-state index contributed by atoms with van der Waals surface area (Å²) in [4.78, 5) is 30.2. The minimum Gasteiger partial charge on any atom is -0.465 e. The molecule has 11 heteroatoms. The zero-order valence-electron chi connectivity index (χ0n) is 16.5. The lowest BCUT2D eigenvalue weighted by atomic mass is 9.99. The molecule has 0 saturated carbocycles. The number of oxazole rings is 1. The van der Waals surface area contributed by atoms with Crippen LogP contribution >= 0.6 is 0 Å². The minimum atomic E-state index is -4.83. The van der Waals surface area contributed by atoms with Crippen LogP contribution in [0.15, 0.2) is 22.6 Å². The second-order valence-corrected chi connectivity index (χ2v) is 7.61. The maximum Gasteiger partial charge on any atom is 0.437 e. The van der Waals surface area contributed by atoms with E-state index < -0.39 is 29.6 Å². The monoisotopic (exact) mass is 438 g/mol. The zero-order chi connectivity index (χ0) is 22.2. The van der Waals surface area contributed by atoms with Gasteiger partial charge in [-0.05, 0) is 48.9 Å². The number of aromatic nitrogens is 1. The van der Waals surface area contributed by atoms with E-state index in [-0.39, 0.29) is 12.6 Å². The summed E-state index contributed by atoms with van der Waals surface area (Å²) in [6.45, 7) is 1.58. The Morgan fingerprint density at radius 2 is 1.84 bits per heavy atom. The number of hydrogen-bond acceptors (Lipinski definition) is 5. The van der Waals surface area contributed by atoms with Crippen LogP contribution in [0.4, 0.5) is 29.7 Å². The van der Waals surface area contributed by atoms with Gasteiger partial charge in [0.2, 0.25) is 5.76 Å². The average molecular weight is 438 g/mol. The van der Waals surface area contributed by atoms with Crippen molar-refractivity contribution in [1.82, 2.24) is 9.88 Å². The van der Waals surface area contributed by atoms with Crippen molar-refractivity contribution in [2.24, 2.45) is 0 Å². The van der Waals surface area contributed by atoms with Crippen molar-refractivity contribution < 1.29 is 32.3 Å². The zero-order valence-corrected chi connectivity index (χ0v) is 16.5. The quantitative estimate of drug-likeness (QED) is 0.753. The molecule has 1 fully saturated rings. The summed E-state index contributed by atoms with van der Waals surface area (Å²) in [7, 11) is 0. The van der Waals surface area contributed by atoms with Gasteiger partial charge in [-0.3, -0.25) is 4.79 Å². The Labute approximate surface area is 175 Å². The van der Waals surface area contributed by atoms with Crippen molar-refractivity contribution in [1.29, 1.82) is 0 Å². The molecule has 0 spiro atoms. The number of carboxylic acid groups (broad SMARTS) is 1. The Hall–Kier alpha value is -3.24. The highest BCUT2D eigenvalue weighted by Crippen LogP contribution is 2.35. The fourth-order valence-electron chi connectivity index (χ4n) is 3.86.